The number of hydrogen-bond acceptors (Lipinski definition) is 6. The molecule has 0 amide bonds. The first kappa shape index (κ1) is 27.0. The summed E-state index contributed by atoms with van der Waals surface area (Å²) in [5.74, 6) is -5.03. The maximum atomic E-state index is 9.55. The Balaban J connectivity index is 0. The summed E-state index contributed by atoms with van der Waals surface area (Å²) in [6.07, 6.45) is 2.23. The fraction of sp³-hybridized carbons (Fsp3) is 0.176. The van der Waals surface area contributed by atoms with Crippen LogP contribution in [0.15, 0.2) is 48.6 Å². The van der Waals surface area contributed by atoms with E-state index in [0.717, 1.165) is 10.6 Å². The van der Waals surface area contributed by atoms with Crippen molar-refractivity contribution in [3.63, 3.8) is 0 Å². The number of halogens is 1. The van der Waals surface area contributed by atoms with Gasteiger partial charge in [0.25, 0.3) is 0 Å². The molecule has 0 heterocycles. The Morgan fingerprint density at radius 2 is 1.29 bits per heavy atom. The Bertz CT molecular complexity index is 649. The predicted molar refractivity (Wildman–Crippen MR) is 101 cm³/mol. The lowest BCUT2D eigenvalue weighted by atomic mass is 10.1. The number of carbonyl (C=O) groups is 4. The zero-order valence-corrected chi connectivity index (χ0v) is 15.5. The number of nitrogens with one attached hydrogen (secondary N) is 1. The molecule has 1 unspecified atom stereocenters. The van der Waals surface area contributed by atoms with Gasteiger partial charge in [0.1, 0.15) is 0 Å². The molecule has 0 saturated carbocycles. The van der Waals surface area contributed by atoms with Gasteiger partial charge in [-0.05, 0) is 18.7 Å². The second-order valence-electron chi connectivity index (χ2n) is 4.62. The van der Waals surface area contributed by atoms with Gasteiger partial charge in [-0.1, -0.05) is 29.8 Å². The molecular formula is C17H21ClN2O8. The molecule has 0 fully saturated rings. The summed E-state index contributed by atoms with van der Waals surface area (Å²) in [7, 11) is 1.88. The highest BCUT2D eigenvalue weighted by atomic mass is 35.5. The van der Waals surface area contributed by atoms with Crippen molar-refractivity contribution in [2.24, 2.45) is 5.73 Å². The SMILES string of the molecule is CNC(CN)c1ccccc1Cl.O=C(O)/C=C\C(=O)O.O=C(O)/C=C\C(=O)O. The van der Waals surface area contributed by atoms with Crippen LogP contribution in [0.3, 0.4) is 0 Å². The van der Waals surface area contributed by atoms with Crippen LogP contribution in [-0.4, -0.2) is 57.9 Å². The summed E-state index contributed by atoms with van der Waals surface area (Å²) < 4.78 is 0. The lowest BCUT2D eigenvalue weighted by Gasteiger charge is -2.14. The third-order valence-electron chi connectivity index (χ3n) is 2.60. The Hall–Kier alpha value is -3.21. The Morgan fingerprint density at radius 1 is 0.929 bits per heavy atom. The van der Waals surface area contributed by atoms with Gasteiger partial charge in [-0.3, -0.25) is 0 Å². The van der Waals surface area contributed by atoms with Gasteiger partial charge < -0.3 is 31.5 Å². The number of carboxylic acid groups (broad SMARTS) is 4. The predicted octanol–water partition coefficient (Wildman–Crippen LogP) is 0.983. The number of hydrogen-bond donors (Lipinski definition) is 6. The van der Waals surface area contributed by atoms with Crippen LogP contribution in [0.1, 0.15) is 11.6 Å². The van der Waals surface area contributed by atoms with Gasteiger partial charge in [0, 0.05) is 41.9 Å². The molecule has 7 N–H and O–H groups in total. The Kier molecular flexibility index (Phi) is 15.4. The molecule has 0 aliphatic carbocycles. The van der Waals surface area contributed by atoms with Crippen molar-refractivity contribution in [2.75, 3.05) is 13.6 Å². The molecule has 0 aliphatic heterocycles. The zero-order chi connectivity index (χ0) is 22.1. The zero-order valence-electron chi connectivity index (χ0n) is 14.8. The average Bonchev–Trinajstić information content (AvgIpc) is 2.62. The average molecular weight is 417 g/mol. The van der Waals surface area contributed by atoms with E-state index < -0.39 is 23.9 Å². The lowest BCUT2D eigenvalue weighted by molar-refractivity contribution is -0.134. The fourth-order valence-corrected chi connectivity index (χ4v) is 1.71. The van der Waals surface area contributed by atoms with Gasteiger partial charge in [-0.15, -0.1) is 0 Å². The van der Waals surface area contributed by atoms with Crippen molar-refractivity contribution >= 4 is 35.5 Å². The standard InChI is InChI=1S/C9H13ClN2.2C4H4O4/c1-12-9(6-11)7-4-2-3-5-8(7)10;2*5-3(6)1-2-4(7)8/h2-5,9,12H,6,11H2,1H3;2*1-2H,(H,5,6)(H,7,8)/b;2*2-1-. The van der Waals surface area contributed by atoms with Crippen LogP contribution >= 0.6 is 11.6 Å². The quantitative estimate of drug-likeness (QED) is 0.349. The third kappa shape index (κ3) is 16.3. The fourth-order valence-electron chi connectivity index (χ4n) is 1.44. The van der Waals surface area contributed by atoms with E-state index in [1.807, 2.05) is 31.3 Å². The first-order valence-electron chi connectivity index (χ1n) is 7.44. The molecule has 1 rings (SSSR count). The first-order chi connectivity index (χ1) is 13.0. The topological polar surface area (TPSA) is 187 Å². The lowest BCUT2D eigenvalue weighted by Crippen LogP contribution is -2.24. The first-order valence-corrected chi connectivity index (χ1v) is 7.82. The smallest absolute Gasteiger partial charge is 0.328 e. The second kappa shape index (κ2) is 16.0. The molecule has 0 aromatic heterocycles. The minimum atomic E-state index is -1.26. The molecule has 0 aliphatic rings. The van der Waals surface area contributed by atoms with Gasteiger partial charge in [0.05, 0.1) is 0 Å². The number of carboxylic acids is 4. The largest absolute Gasteiger partial charge is 0.478 e. The minimum absolute atomic E-state index is 0.152. The van der Waals surface area contributed by atoms with Crippen LogP contribution in [0, 0.1) is 0 Å². The van der Waals surface area contributed by atoms with Crippen molar-refractivity contribution in [3.8, 4) is 0 Å². The molecule has 11 heteroatoms. The van der Waals surface area contributed by atoms with Gasteiger partial charge in [-0.2, -0.15) is 0 Å². The highest BCUT2D eigenvalue weighted by Crippen LogP contribution is 2.21. The number of aliphatic carboxylic acids is 4. The van der Waals surface area contributed by atoms with E-state index in [4.69, 9.17) is 37.8 Å². The van der Waals surface area contributed by atoms with Gasteiger partial charge in [0.2, 0.25) is 0 Å². The third-order valence-corrected chi connectivity index (χ3v) is 2.95. The number of likely N-dealkylation sites (N-methyl/N-ethyl adjacent to an activating group) is 1. The Labute approximate surface area is 165 Å². The molecule has 154 valence electrons. The van der Waals surface area contributed by atoms with E-state index >= 15 is 0 Å². The maximum Gasteiger partial charge on any atom is 0.328 e. The second-order valence-corrected chi connectivity index (χ2v) is 5.03. The van der Waals surface area contributed by atoms with Crippen LogP contribution in [0.2, 0.25) is 5.02 Å². The normalized spacial score (nSPS) is 11.0. The summed E-state index contributed by atoms with van der Waals surface area (Å²) in [5, 5.41) is 35.1. The molecular weight excluding hydrogens is 396 g/mol. The van der Waals surface area contributed by atoms with Crippen LogP contribution in [-0.2, 0) is 19.2 Å². The Morgan fingerprint density at radius 3 is 1.54 bits per heavy atom. The number of nitrogens with two attached hydrogens (primary N) is 1. The highest BCUT2D eigenvalue weighted by Gasteiger charge is 2.08. The number of rotatable bonds is 7. The summed E-state index contributed by atoms with van der Waals surface area (Å²) in [6, 6.07) is 7.88. The molecule has 10 nitrogen and oxygen atoms in total. The highest BCUT2D eigenvalue weighted by molar-refractivity contribution is 6.31. The van der Waals surface area contributed by atoms with Crippen molar-refractivity contribution in [2.45, 2.75) is 6.04 Å². The molecule has 0 spiro atoms. The van der Waals surface area contributed by atoms with E-state index in [1.54, 1.807) is 0 Å². The minimum Gasteiger partial charge on any atom is -0.478 e. The van der Waals surface area contributed by atoms with Crippen molar-refractivity contribution < 1.29 is 39.6 Å². The van der Waals surface area contributed by atoms with Crippen LogP contribution in [0.25, 0.3) is 0 Å². The maximum absolute atomic E-state index is 9.55. The monoisotopic (exact) mass is 416 g/mol. The van der Waals surface area contributed by atoms with E-state index in [1.165, 1.54) is 0 Å². The van der Waals surface area contributed by atoms with E-state index in [-0.39, 0.29) is 6.04 Å². The summed E-state index contributed by atoms with van der Waals surface area (Å²) in [4.78, 5) is 38.2. The molecule has 1 aromatic rings. The van der Waals surface area contributed by atoms with Crippen molar-refractivity contribution in [1.29, 1.82) is 0 Å². The molecule has 1 atom stereocenters. The van der Waals surface area contributed by atoms with Gasteiger partial charge in [0.15, 0.2) is 0 Å². The molecule has 0 saturated heterocycles. The van der Waals surface area contributed by atoms with Crippen molar-refractivity contribution in [3.05, 3.63) is 59.2 Å². The van der Waals surface area contributed by atoms with Crippen molar-refractivity contribution in [1.82, 2.24) is 5.32 Å². The molecule has 0 bridgehead atoms. The van der Waals surface area contributed by atoms with Crippen LogP contribution < -0.4 is 11.1 Å². The summed E-state index contributed by atoms with van der Waals surface area (Å²) >= 11 is 5.98. The van der Waals surface area contributed by atoms with Crippen LogP contribution in [0.4, 0.5) is 0 Å². The molecule has 0 radical (unpaired) electrons. The summed E-state index contributed by atoms with van der Waals surface area (Å²) in [6.45, 7) is 0.556. The molecule has 28 heavy (non-hydrogen) atoms. The van der Waals surface area contributed by atoms with Gasteiger partial charge in [-0.25, -0.2) is 19.2 Å². The van der Waals surface area contributed by atoms with Gasteiger partial charge >= 0.3 is 23.9 Å². The molecule has 1 aromatic carbocycles. The van der Waals surface area contributed by atoms with Crippen LogP contribution in [0.5, 0.6) is 0 Å². The van der Waals surface area contributed by atoms with E-state index in [9.17, 15) is 19.2 Å². The summed E-state index contributed by atoms with van der Waals surface area (Å²) in [5.41, 5.74) is 6.62. The van der Waals surface area contributed by atoms with E-state index in [0.29, 0.717) is 30.8 Å². The number of benzene rings is 1. The van der Waals surface area contributed by atoms with E-state index in [2.05, 4.69) is 5.32 Å².